The molecule has 0 radical (unpaired) electrons. The molecule has 12 heavy (non-hydrogen) atoms. The van der Waals surface area contributed by atoms with Crippen molar-refractivity contribution < 1.29 is 14.3 Å². The third kappa shape index (κ3) is 1.78. The molecule has 1 heterocycles. The lowest BCUT2D eigenvalue weighted by Gasteiger charge is -2.01. The molecule has 1 aliphatic rings. The minimum atomic E-state index is -0.237. The van der Waals surface area contributed by atoms with Gasteiger partial charge in [0.1, 0.15) is 5.76 Å². The van der Waals surface area contributed by atoms with Crippen LogP contribution < -0.4 is 0 Å². The molecule has 0 aromatic rings. The Morgan fingerprint density at radius 1 is 1.75 bits per heavy atom. The van der Waals surface area contributed by atoms with E-state index in [1.165, 1.54) is 0 Å². The van der Waals surface area contributed by atoms with Gasteiger partial charge in [-0.1, -0.05) is 0 Å². The van der Waals surface area contributed by atoms with Gasteiger partial charge in [0.25, 0.3) is 0 Å². The van der Waals surface area contributed by atoms with Crippen LogP contribution in [0, 0.1) is 0 Å². The van der Waals surface area contributed by atoms with Crippen LogP contribution in [0.4, 0.5) is 0 Å². The van der Waals surface area contributed by atoms with E-state index in [0.717, 1.165) is 0 Å². The molecule has 1 rings (SSSR count). The average molecular weight is 170 g/mol. The highest BCUT2D eigenvalue weighted by atomic mass is 16.5. The van der Waals surface area contributed by atoms with E-state index in [-0.39, 0.29) is 12.1 Å². The van der Waals surface area contributed by atoms with E-state index in [0.29, 0.717) is 24.4 Å². The molecular formula is C9H14O3. The first-order chi connectivity index (χ1) is 5.65. The Hall–Kier alpha value is -0.990. The molecule has 0 spiro atoms. The summed E-state index contributed by atoms with van der Waals surface area (Å²) in [5.74, 6) is 0.473. The van der Waals surface area contributed by atoms with Gasteiger partial charge >= 0.3 is 5.97 Å². The maximum Gasteiger partial charge on any atom is 0.337 e. The minimum absolute atomic E-state index is 0.115. The lowest BCUT2D eigenvalue weighted by molar-refractivity contribution is -0.138. The molecule has 1 unspecified atom stereocenters. The maximum absolute atomic E-state index is 11.2. The first kappa shape index (κ1) is 9.10. The van der Waals surface area contributed by atoms with Crippen molar-refractivity contribution in [3.63, 3.8) is 0 Å². The lowest BCUT2D eigenvalue weighted by atomic mass is 10.1. The number of hydrogen-bond donors (Lipinski definition) is 0. The summed E-state index contributed by atoms with van der Waals surface area (Å²) in [6, 6.07) is 0. The molecule has 3 heteroatoms. The monoisotopic (exact) mass is 170 g/mol. The summed E-state index contributed by atoms with van der Waals surface area (Å²) in [5.41, 5.74) is 0.685. The van der Waals surface area contributed by atoms with Crippen LogP contribution in [0.15, 0.2) is 11.3 Å². The fourth-order valence-electron chi connectivity index (χ4n) is 1.29. The number of hydrogen-bond acceptors (Lipinski definition) is 3. The summed E-state index contributed by atoms with van der Waals surface area (Å²) >= 11 is 0. The van der Waals surface area contributed by atoms with E-state index >= 15 is 0 Å². The summed E-state index contributed by atoms with van der Waals surface area (Å²) in [4.78, 5) is 11.2. The second kappa shape index (κ2) is 3.61. The van der Waals surface area contributed by atoms with Crippen molar-refractivity contribution in [2.75, 3.05) is 6.61 Å². The van der Waals surface area contributed by atoms with Crippen LogP contribution in [-0.4, -0.2) is 18.7 Å². The zero-order valence-corrected chi connectivity index (χ0v) is 7.72. The maximum atomic E-state index is 11.2. The predicted octanol–water partition coefficient (Wildman–Crippen LogP) is 1.63. The van der Waals surface area contributed by atoms with E-state index in [1.807, 2.05) is 6.92 Å². The number of carbonyl (C=O) groups excluding carboxylic acids is 1. The fourth-order valence-corrected chi connectivity index (χ4v) is 1.29. The van der Waals surface area contributed by atoms with Crippen molar-refractivity contribution >= 4 is 5.97 Å². The largest absolute Gasteiger partial charge is 0.494 e. The van der Waals surface area contributed by atoms with Gasteiger partial charge in [0.05, 0.1) is 18.3 Å². The van der Waals surface area contributed by atoms with E-state index in [9.17, 15) is 4.79 Å². The lowest BCUT2D eigenvalue weighted by Crippen LogP contribution is -2.08. The Bertz CT molecular complexity index is 218. The standard InChI is InChI=1S/C9H14O3/c1-4-11-9(10)8-5-6(2)12-7(8)3/h6H,4-5H2,1-3H3. The summed E-state index contributed by atoms with van der Waals surface area (Å²) in [6.07, 6.45) is 0.786. The summed E-state index contributed by atoms with van der Waals surface area (Å²) in [6.45, 7) is 5.96. The van der Waals surface area contributed by atoms with Gasteiger partial charge < -0.3 is 9.47 Å². The third-order valence-electron chi connectivity index (χ3n) is 1.82. The van der Waals surface area contributed by atoms with Crippen molar-refractivity contribution in [2.24, 2.45) is 0 Å². The number of esters is 1. The molecule has 0 saturated heterocycles. The second-order valence-electron chi connectivity index (χ2n) is 2.89. The minimum Gasteiger partial charge on any atom is -0.494 e. The molecule has 0 amide bonds. The van der Waals surface area contributed by atoms with Crippen molar-refractivity contribution in [3.8, 4) is 0 Å². The number of carbonyl (C=O) groups is 1. The summed E-state index contributed by atoms with van der Waals surface area (Å²) in [7, 11) is 0. The zero-order chi connectivity index (χ0) is 9.14. The van der Waals surface area contributed by atoms with E-state index in [4.69, 9.17) is 9.47 Å². The molecule has 1 atom stereocenters. The molecule has 0 saturated carbocycles. The first-order valence-corrected chi connectivity index (χ1v) is 4.18. The molecule has 68 valence electrons. The van der Waals surface area contributed by atoms with Crippen LogP contribution in [0.3, 0.4) is 0 Å². The second-order valence-corrected chi connectivity index (χ2v) is 2.89. The Labute approximate surface area is 72.4 Å². The van der Waals surface area contributed by atoms with Crippen molar-refractivity contribution in [3.05, 3.63) is 11.3 Å². The Balaban J connectivity index is 2.62. The van der Waals surface area contributed by atoms with Gasteiger partial charge in [-0.05, 0) is 20.8 Å². The van der Waals surface area contributed by atoms with Crippen molar-refractivity contribution in [1.82, 2.24) is 0 Å². The molecule has 3 nitrogen and oxygen atoms in total. The van der Waals surface area contributed by atoms with E-state index in [1.54, 1.807) is 13.8 Å². The topological polar surface area (TPSA) is 35.5 Å². The van der Waals surface area contributed by atoms with E-state index < -0.39 is 0 Å². The first-order valence-electron chi connectivity index (χ1n) is 4.18. The SMILES string of the molecule is CCOC(=O)C1=C(C)OC(C)C1. The third-order valence-corrected chi connectivity index (χ3v) is 1.82. The predicted molar refractivity (Wildman–Crippen MR) is 44.5 cm³/mol. The molecule has 0 aromatic heterocycles. The molecule has 0 fully saturated rings. The van der Waals surface area contributed by atoms with Crippen LogP contribution in [-0.2, 0) is 14.3 Å². The Kier molecular flexibility index (Phi) is 2.74. The fraction of sp³-hybridized carbons (Fsp3) is 0.667. The highest BCUT2D eigenvalue weighted by molar-refractivity contribution is 5.89. The molecular weight excluding hydrogens is 156 g/mol. The summed E-state index contributed by atoms with van der Waals surface area (Å²) < 4.78 is 10.2. The van der Waals surface area contributed by atoms with Crippen LogP contribution in [0.1, 0.15) is 27.2 Å². The van der Waals surface area contributed by atoms with Crippen LogP contribution in [0.2, 0.25) is 0 Å². The molecule has 1 aliphatic heterocycles. The average Bonchev–Trinajstić information content (AvgIpc) is 2.30. The van der Waals surface area contributed by atoms with Crippen molar-refractivity contribution in [2.45, 2.75) is 33.3 Å². The van der Waals surface area contributed by atoms with Gasteiger partial charge in [-0.15, -0.1) is 0 Å². The Morgan fingerprint density at radius 2 is 2.42 bits per heavy atom. The number of ether oxygens (including phenoxy) is 2. The zero-order valence-electron chi connectivity index (χ0n) is 7.72. The van der Waals surface area contributed by atoms with Crippen LogP contribution in [0.5, 0.6) is 0 Å². The number of rotatable bonds is 2. The van der Waals surface area contributed by atoms with Gasteiger partial charge in [-0.2, -0.15) is 0 Å². The normalized spacial score (nSPS) is 22.4. The van der Waals surface area contributed by atoms with Gasteiger partial charge in [0.2, 0.25) is 0 Å². The van der Waals surface area contributed by atoms with Crippen molar-refractivity contribution in [1.29, 1.82) is 0 Å². The van der Waals surface area contributed by atoms with Crippen LogP contribution in [0.25, 0.3) is 0 Å². The molecule has 0 bridgehead atoms. The molecule has 0 aromatic carbocycles. The smallest absolute Gasteiger partial charge is 0.337 e. The molecule has 0 N–H and O–H groups in total. The van der Waals surface area contributed by atoms with Crippen LogP contribution >= 0.6 is 0 Å². The quantitative estimate of drug-likeness (QED) is 0.591. The van der Waals surface area contributed by atoms with Gasteiger partial charge in [0, 0.05) is 6.42 Å². The van der Waals surface area contributed by atoms with Gasteiger partial charge in [-0.25, -0.2) is 4.79 Å². The highest BCUT2D eigenvalue weighted by Gasteiger charge is 2.25. The molecule has 0 aliphatic carbocycles. The van der Waals surface area contributed by atoms with Gasteiger partial charge in [0.15, 0.2) is 0 Å². The Morgan fingerprint density at radius 3 is 2.83 bits per heavy atom. The summed E-state index contributed by atoms with van der Waals surface area (Å²) in [5, 5.41) is 0. The van der Waals surface area contributed by atoms with E-state index in [2.05, 4.69) is 0 Å². The van der Waals surface area contributed by atoms with Gasteiger partial charge in [-0.3, -0.25) is 0 Å². The highest BCUT2D eigenvalue weighted by Crippen LogP contribution is 2.24. The number of allylic oxidation sites excluding steroid dienone is 1.